The molecule has 2 unspecified atom stereocenters. The molecule has 0 aromatic carbocycles. The third-order valence-electron chi connectivity index (χ3n) is 4.02. The van der Waals surface area contributed by atoms with Gasteiger partial charge in [-0.2, -0.15) is 4.68 Å². The van der Waals surface area contributed by atoms with Crippen molar-refractivity contribution in [3.8, 4) is 0 Å². The summed E-state index contributed by atoms with van der Waals surface area (Å²) in [5, 5.41) is 2.05. The Hall–Kier alpha value is -1.23. The SMILES string of the molecule is CC(C)c1c(Cl)[nH]c(=O)n(N2C(C)CCCC2C)c1=O. The highest BCUT2D eigenvalue weighted by Gasteiger charge is 2.29. The van der Waals surface area contributed by atoms with Crippen LogP contribution in [0.3, 0.4) is 0 Å². The Balaban J connectivity index is 2.65. The first-order valence-corrected chi connectivity index (χ1v) is 7.55. The topological polar surface area (TPSA) is 58.1 Å². The summed E-state index contributed by atoms with van der Waals surface area (Å²) in [6.45, 7) is 7.89. The van der Waals surface area contributed by atoms with Crippen LogP contribution in [0.1, 0.15) is 58.4 Å². The van der Waals surface area contributed by atoms with Gasteiger partial charge in [0.05, 0.1) is 5.56 Å². The van der Waals surface area contributed by atoms with E-state index in [1.54, 1.807) is 0 Å². The zero-order valence-electron chi connectivity index (χ0n) is 12.4. The number of aromatic nitrogens is 2. The molecule has 0 amide bonds. The van der Waals surface area contributed by atoms with Gasteiger partial charge < -0.3 is 5.01 Å². The van der Waals surface area contributed by atoms with Crippen molar-refractivity contribution in [2.75, 3.05) is 5.01 Å². The van der Waals surface area contributed by atoms with E-state index in [2.05, 4.69) is 4.98 Å². The molecule has 1 aromatic rings. The number of halogens is 1. The zero-order valence-corrected chi connectivity index (χ0v) is 13.2. The van der Waals surface area contributed by atoms with Crippen LogP contribution in [0, 0.1) is 0 Å². The van der Waals surface area contributed by atoms with Gasteiger partial charge in [0, 0.05) is 12.1 Å². The van der Waals surface area contributed by atoms with Gasteiger partial charge in [0.2, 0.25) is 0 Å². The first kappa shape index (κ1) is 15.2. The summed E-state index contributed by atoms with van der Waals surface area (Å²) in [4.78, 5) is 27.5. The molecule has 0 radical (unpaired) electrons. The first-order chi connectivity index (χ1) is 9.34. The van der Waals surface area contributed by atoms with Gasteiger partial charge in [-0.15, -0.1) is 0 Å². The molecule has 0 saturated carbocycles. The fourth-order valence-corrected chi connectivity index (χ4v) is 3.41. The minimum absolute atomic E-state index is 0.0338. The number of hydrogen-bond acceptors (Lipinski definition) is 3. The molecule has 112 valence electrons. The van der Waals surface area contributed by atoms with E-state index in [1.807, 2.05) is 32.7 Å². The third-order valence-corrected chi connectivity index (χ3v) is 4.32. The van der Waals surface area contributed by atoms with Gasteiger partial charge in [0.1, 0.15) is 5.15 Å². The number of rotatable bonds is 2. The van der Waals surface area contributed by atoms with Gasteiger partial charge in [0.15, 0.2) is 0 Å². The average molecular weight is 300 g/mol. The van der Waals surface area contributed by atoms with Gasteiger partial charge in [-0.1, -0.05) is 25.4 Å². The lowest BCUT2D eigenvalue weighted by Crippen LogP contribution is -2.60. The van der Waals surface area contributed by atoms with Crippen molar-refractivity contribution in [1.82, 2.24) is 9.66 Å². The molecule has 2 heterocycles. The van der Waals surface area contributed by atoms with Gasteiger partial charge in [-0.3, -0.25) is 9.78 Å². The van der Waals surface area contributed by atoms with Crippen LogP contribution in [-0.2, 0) is 0 Å². The number of H-pyrrole nitrogens is 1. The van der Waals surface area contributed by atoms with E-state index in [0.29, 0.717) is 5.56 Å². The minimum atomic E-state index is -0.454. The second-order valence-corrected chi connectivity index (χ2v) is 6.32. The van der Waals surface area contributed by atoms with E-state index in [0.717, 1.165) is 19.3 Å². The van der Waals surface area contributed by atoms with Crippen LogP contribution in [0.15, 0.2) is 9.59 Å². The Morgan fingerprint density at radius 2 is 1.75 bits per heavy atom. The van der Waals surface area contributed by atoms with E-state index in [1.165, 1.54) is 4.68 Å². The highest BCUT2D eigenvalue weighted by atomic mass is 35.5. The van der Waals surface area contributed by atoms with Crippen molar-refractivity contribution in [2.45, 2.75) is 65.0 Å². The first-order valence-electron chi connectivity index (χ1n) is 7.18. The second kappa shape index (κ2) is 5.64. The number of aromatic amines is 1. The van der Waals surface area contributed by atoms with Crippen molar-refractivity contribution in [3.63, 3.8) is 0 Å². The van der Waals surface area contributed by atoms with Crippen LogP contribution in [0.25, 0.3) is 0 Å². The molecule has 1 fully saturated rings. The van der Waals surface area contributed by atoms with Gasteiger partial charge >= 0.3 is 5.69 Å². The van der Waals surface area contributed by atoms with Crippen molar-refractivity contribution >= 4 is 11.6 Å². The normalized spacial score (nSPS) is 23.4. The molecular weight excluding hydrogens is 278 g/mol. The molecule has 0 aliphatic carbocycles. The van der Waals surface area contributed by atoms with Gasteiger partial charge in [0.25, 0.3) is 5.56 Å². The van der Waals surface area contributed by atoms with Gasteiger partial charge in [-0.05, 0) is 39.0 Å². The molecule has 5 nitrogen and oxygen atoms in total. The lowest BCUT2D eigenvalue weighted by atomic mass is 10.00. The molecule has 1 N–H and O–H groups in total. The maximum atomic E-state index is 12.7. The van der Waals surface area contributed by atoms with Crippen molar-refractivity contribution in [2.24, 2.45) is 0 Å². The number of nitrogens with zero attached hydrogens (tertiary/aromatic N) is 2. The fraction of sp³-hybridized carbons (Fsp3) is 0.714. The highest BCUT2D eigenvalue weighted by molar-refractivity contribution is 6.30. The monoisotopic (exact) mass is 299 g/mol. The Bertz CT molecular complexity index is 595. The summed E-state index contributed by atoms with van der Waals surface area (Å²) < 4.78 is 1.25. The van der Waals surface area contributed by atoms with Crippen molar-refractivity contribution in [3.05, 3.63) is 31.6 Å². The van der Waals surface area contributed by atoms with E-state index in [-0.39, 0.29) is 28.7 Å². The quantitative estimate of drug-likeness (QED) is 0.852. The number of hydrogen-bond donors (Lipinski definition) is 1. The van der Waals surface area contributed by atoms with Crippen LogP contribution < -0.4 is 16.3 Å². The van der Waals surface area contributed by atoms with E-state index in [9.17, 15) is 9.59 Å². The summed E-state index contributed by atoms with van der Waals surface area (Å²) in [5.74, 6) is -0.0338. The summed E-state index contributed by atoms with van der Waals surface area (Å²) in [6, 6.07) is 0.331. The molecule has 6 heteroatoms. The molecule has 1 saturated heterocycles. The molecule has 2 atom stereocenters. The minimum Gasteiger partial charge on any atom is -0.300 e. The zero-order chi connectivity index (χ0) is 15.0. The predicted molar refractivity (Wildman–Crippen MR) is 81.4 cm³/mol. The average Bonchev–Trinajstić information content (AvgIpc) is 2.31. The highest BCUT2D eigenvalue weighted by Crippen LogP contribution is 2.21. The third kappa shape index (κ3) is 2.51. The number of nitrogens with one attached hydrogen (secondary N) is 1. The maximum absolute atomic E-state index is 12.7. The van der Waals surface area contributed by atoms with E-state index >= 15 is 0 Å². The standard InChI is InChI=1S/C14H22ClN3O2/c1-8(2)11-12(15)16-14(20)18(13(11)19)17-9(3)6-5-7-10(17)4/h8-10H,5-7H2,1-4H3,(H,16,20). The van der Waals surface area contributed by atoms with Crippen LogP contribution in [0.2, 0.25) is 5.15 Å². The Morgan fingerprint density at radius 3 is 2.25 bits per heavy atom. The largest absolute Gasteiger partial charge is 0.348 e. The fourth-order valence-electron chi connectivity index (χ4n) is 3.03. The number of piperidine rings is 1. The molecule has 0 bridgehead atoms. The maximum Gasteiger partial charge on any atom is 0.348 e. The molecular formula is C14H22ClN3O2. The molecule has 0 spiro atoms. The summed E-state index contributed by atoms with van der Waals surface area (Å²) in [6.07, 6.45) is 3.09. The lowest BCUT2D eigenvalue weighted by molar-refractivity contribution is 0.322. The predicted octanol–water partition coefficient (Wildman–Crippen LogP) is 2.21. The van der Waals surface area contributed by atoms with E-state index < -0.39 is 5.69 Å². The van der Waals surface area contributed by atoms with Crippen LogP contribution in [-0.4, -0.2) is 21.7 Å². The molecule has 2 rings (SSSR count). The van der Waals surface area contributed by atoms with Crippen LogP contribution in [0.4, 0.5) is 0 Å². The summed E-state index contributed by atoms with van der Waals surface area (Å²) >= 11 is 6.03. The molecule has 1 aliphatic heterocycles. The lowest BCUT2D eigenvalue weighted by Gasteiger charge is -2.40. The summed E-state index contributed by atoms with van der Waals surface area (Å²) in [5.41, 5.74) is -0.282. The Morgan fingerprint density at radius 1 is 1.20 bits per heavy atom. The van der Waals surface area contributed by atoms with Crippen molar-refractivity contribution < 1.29 is 0 Å². The van der Waals surface area contributed by atoms with Crippen molar-refractivity contribution in [1.29, 1.82) is 0 Å². The summed E-state index contributed by atoms with van der Waals surface area (Å²) in [7, 11) is 0. The molecule has 1 aliphatic rings. The molecule has 1 aromatic heterocycles. The van der Waals surface area contributed by atoms with Gasteiger partial charge in [-0.25, -0.2) is 4.79 Å². The van der Waals surface area contributed by atoms with Crippen LogP contribution in [0.5, 0.6) is 0 Å². The molecule has 20 heavy (non-hydrogen) atoms. The Kier molecular flexibility index (Phi) is 4.28. The smallest absolute Gasteiger partial charge is 0.300 e. The second-order valence-electron chi connectivity index (χ2n) is 5.94. The Labute approximate surface area is 123 Å². The van der Waals surface area contributed by atoms with E-state index in [4.69, 9.17) is 11.6 Å². The van der Waals surface area contributed by atoms with Crippen LogP contribution >= 0.6 is 11.6 Å².